The van der Waals surface area contributed by atoms with Gasteiger partial charge >= 0.3 is 0 Å². The van der Waals surface area contributed by atoms with Gasteiger partial charge in [0, 0.05) is 25.2 Å². The van der Waals surface area contributed by atoms with Gasteiger partial charge in [-0.05, 0) is 26.2 Å². The van der Waals surface area contributed by atoms with Crippen LogP contribution in [-0.2, 0) is 0 Å². The van der Waals surface area contributed by atoms with Crippen LogP contribution < -0.4 is 10.2 Å². The lowest BCUT2D eigenvalue weighted by Crippen LogP contribution is -2.31. The first kappa shape index (κ1) is 15.7. The van der Waals surface area contributed by atoms with E-state index in [0.717, 1.165) is 18.2 Å². The minimum absolute atomic E-state index is 0.404. The molecule has 1 N–H and O–H groups in total. The summed E-state index contributed by atoms with van der Waals surface area (Å²) in [5, 5.41) is 3.35. The predicted octanol–water partition coefficient (Wildman–Crippen LogP) is 3.66. The van der Waals surface area contributed by atoms with E-state index in [1.54, 1.807) is 6.33 Å². The second-order valence-electron chi connectivity index (χ2n) is 5.39. The summed E-state index contributed by atoms with van der Waals surface area (Å²) in [7, 11) is 2.13. The number of nitrogens with one attached hydrogen (secondary N) is 1. The molecule has 0 aliphatic carbocycles. The normalized spacial score (nSPS) is 12.6. The molecule has 1 atom stereocenters. The lowest BCUT2D eigenvalue weighted by Gasteiger charge is -2.29. The molecule has 1 heterocycles. The maximum Gasteiger partial charge on any atom is 0.137 e. The van der Waals surface area contributed by atoms with Crippen LogP contribution in [0.4, 0.5) is 11.6 Å². The third-order valence-corrected chi connectivity index (χ3v) is 3.49. The standard InChI is InChI=1S/C15H28N4/c1-7-9-12(5)19(6)15-13(11(3)4)14(16-8-2)17-10-18-15/h10-12H,7-9H2,1-6H3,(H,16,17,18). The van der Waals surface area contributed by atoms with Crippen molar-refractivity contribution in [2.45, 2.75) is 59.4 Å². The Bertz CT molecular complexity index is 390. The van der Waals surface area contributed by atoms with Crippen molar-refractivity contribution < 1.29 is 0 Å². The van der Waals surface area contributed by atoms with Crippen LogP contribution in [0.5, 0.6) is 0 Å². The minimum Gasteiger partial charge on any atom is -0.370 e. The molecule has 0 amide bonds. The Hall–Kier alpha value is -1.32. The highest BCUT2D eigenvalue weighted by atomic mass is 15.2. The summed E-state index contributed by atoms with van der Waals surface area (Å²) in [5.74, 6) is 2.43. The van der Waals surface area contributed by atoms with Crippen LogP contribution >= 0.6 is 0 Å². The second-order valence-corrected chi connectivity index (χ2v) is 5.39. The summed E-state index contributed by atoms with van der Waals surface area (Å²) in [6.07, 6.45) is 4.02. The Morgan fingerprint density at radius 3 is 2.42 bits per heavy atom. The zero-order valence-corrected chi connectivity index (χ0v) is 13.2. The SMILES string of the molecule is CCCC(C)N(C)c1ncnc(NCC)c1C(C)C. The molecule has 0 spiro atoms. The van der Waals surface area contributed by atoms with Gasteiger partial charge in [-0.15, -0.1) is 0 Å². The van der Waals surface area contributed by atoms with Crippen LogP contribution in [0.1, 0.15) is 58.9 Å². The number of hydrogen-bond acceptors (Lipinski definition) is 4. The summed E-state index contributed by atoms with van der Waals surface area (Å²) in [4.78, 5) is 11.2. The van der Waals surface area contributed by atoms with Gasteiger partial charge in [-0.3, -0.25) is 0 Å². The first-order valence-corrected chi connectivity index (χ1v) is 7.34. The third-order valence-electron chi connectivity index (χ3n) is 3.49. The Kier molecular flexibility index (Phi) is 6.06. The summed E-state index contributed by atoms with van der Waals surface area (Å²) in [6.45, 7) is 11.8. The molecule has 1 aromatic heterocycles. The largest absolute Gasteiger partial charge is 0.370 e. The van der Waals surface area contributed by atoms with Gasteiger partial charge in [0.05, 0.1) is 0 Å². The monoisotopic (exact) mass is 264 g/mol. The summed E-state index contributed by atoms with van der Waals surface area (Å²) < 4.78 is 0. The van der Waals surface area contributed by atoms with Crippen LogP contribution in [0.15, 0.2) is 6.33 Å². The highest BCUT2D eigenvalue weighted by molar-refractivity contribution is 5.60. The fourth-order valence-electron chi connectivity index (χ4n) is 2.33. The van der Waals surface area contributed by atoms with E-state index in [2.05, 4.69) is 61.9 Å². The van der Waals surface area contributed by atoms with Crippen molar-refractivity contribution in [3.8, 4) is 0 Å². The molecule has 1 aromatic rings. The van der Waals surface area contributed by atoms with Gasteiger partial charge in [0.1, 0.15) is 18.0 Å². The molecule has 0 aliphatic heterocycles. The van der Waals surface area contributed by atoms with Crippen LogP contribution in [0, 0.1) is 0 Å². The molecule has 0 bridgehead atoms. The van der Waals surface area contributed by atoms with E-state index < -0.39 is 0 Å². The highest BCUT2D eigenvalue weighted by Gasteiger charge is 2.20. The van der Waals surface area contributed by atoms with E-state index in [1.807, 2.05) is 0 Å². The maximum absolute atomic E-state index is 4.52. The minimum atomic E-state index is 0.404. The molecule has 0 radical (unpaired) electrons. The molecule has 1 unspecified atom stereocenters. The van der Waals surface area contributed by atoms with Gasteiger partial charge in [0.15, 0.2) is 0 Å². The zero-order valence-electron chi connectivity index (χ0n) is 13.2. The van der Waals surface area contributed by atoms with E-state index in [-0.39, 0.29) is 0 Å². The molecule has 0 aliphatic rings. The molecule has 0 saturated heterocycles. The number of aromatic nitrogens is 2. The van der Waals surface area contributed by atoms with E-state index in [4.69, 9.17) is 0 Å². The average Bonchev–Trinajstić information content (AvgIpc) is 2.38. The Balaban J connectivity index is 3.15. The zero-order chi connectivity index (χ0) is 14.4. The maximum atomic E-state index is 4.52. The Labute approximate surface area is 117 Å². The van der Waals surface area contributed by atoms with Crippen LogP contribution in [0.25, 0.3) is 0 Å². The Morgan fingerprint density at radius 1 is 1.21 bits per heavy atom. The second kappa shape index (κ2) is 7.31. The quantitative estimate of drug-likeness (QED) is 0.816. The molecular formula is C15H28N4. The summed E-state index contributed by atoms with van der Waals surface area (Å²) in [5.41, 5.74) is 1.22. The van der Waals surface area contributed by atoms with Crippen molar-refractivity contribution in [2.24, 2.45) is 0 Å². The molecule has 0 saturated carbocycles. The Morgan fingerprint density at radius 2 is 1.89 bits per heavy atom. The molecule has 4 heteroatoms. The number of hydrogen-bond donors (Lipinski definition) is 1. The topological polar surface area (TPSA) is 41.1 Å². The average molecular weight is 264 g/mol. The first-order chi connectivity index (χ1) is 9.02. The number of nitrogens with zero attached hydrogens (tertiary/aromatic N) is 3. The van der Waals surface area contributed by atoms with Gasteiger partial charge < -0.3 is 10.2 Å². The van der Waals surface area contributed by atoms with Crippen molar-refractivity contribution in [1.82, 2.24) is 9.97 Å². The van der Waals surface area contributed by atoms with E-state index in [1.165, 1.54) is 18.4 Å². The van der Waals surface area contributed by atoms with E-state index in [0.29, 0.717) is 12.0 Å². The molecule has 0 aromatic carbocycles. The van der Waals surface area contributed by atoms with Gasteiger partial charge in [-0.1, -0.05) is 27.2 Å². The molecular weight excluding hydrogens is 236 g/mol. The van der Waals surface area contributed by atoms with Gasteiger partial charge in [-0.25, -0.2) is 9.97 Å². The van der Waals surface area contributed by atoms with Gasteiger partial charge in [0.25, 0.3) is 0 Å². The van der Waals surface area contributed by atoms with E-state index in [9.17, 15) is 0 Å². The fourth-order valence-corrected chi connectivity index (χ4v) is 2.33. The first-order valence-electron chi connectivity index (χ1n) is 7.34. The van der Waals surface area contributed by atoms with E-state index >= 15 is 0 Å². The molecule has 4 nitrogen and oxygen atoms in total. The highest BCUT2D eigenvalue weighted by Crippen LogP contribution is 2.31. The van der Waals surface area contributed by atoms with Crippen molar-refractivity contribution >= 4 is 11.6 Å². The van der Waals surface area contributed by atoms with Gasteiger partial charge in [0.2, 0.25) is 0 Å². The van der Waals surface area contributed by atoms with Crippen molar-refractivity contribution in [3.63, 3.8) is 0 Å². The third kappa shape index (κ3) is 3.82. The van der Waals surface area contributed by atoms with Gasteiger partial charge in [-0.2, -0.15) is 0 Å². The molecule has 19 heavy (non-hydrogen) atoms. The number of anilines is 2. The molecule has 108 valence electrons. The van der Waals surface area contributed by atoms with Crippen LogP contribution in [0.2, 0.25) is 0 Å². The van der Waals surface area contributed by atoms with Crippen LogP contribution in [0.3, 0.4) is 0 Å². The predicted molar refractivity (Wildman–Crippen MR) is 83.1 cm³/mol. The summed E-state index contributed by atoms with van der Waals surface area (Å²) >= 11 is 0. The number of rotatable bonds is 7. The fraction of sp³-hybridized carbons (Fsp3) is 0.733. The lowest BCUT2D eigenvalue weighted by molar-refractivity contribution is 0.606. The smallest absolute Gasteiger partial charge is 0.137 e. The van der Waals surface area contributed by atoms with Crippen molar-refractivity contribution in [2.75, 3.05) is 23.8 Å². The molecule has 1 rings (SSSR count). The van der Waals surface area contributed by atoms with Crippen molar-refractivity contribution in [3.05, 3.63) is 11.9 Å². The lowest BCUT2D eigenvalue weighted by atomic mass is 10.0. The summed E-state index contributed by atoms with van der Waals surface area (Å²) in [6, 6.07) is 0.492. The molecule has 0 fully saturated rings. The van der Waals surface area contributed by atoms with Crippen molar-refractivity contribution in [1.29, 1.82) is 0 Å². The van der Waals surface area contributed by atoms with Crippen LogP contribution in [-0.4, -0.2) is 29.6 Å².